The third-order valence-corrected chi connectivity index (χ3v) is 5.46. The second kappa shape index (κ2) is 5.48. The maximum Gasteiger partial charge on any atom is 0.194 e. The first kappa shape index (κ1) is 13.9. The van der Waals surface area contributed by atoms with Gasteiger partial charge in [0.2, 0.25) is 0 Å². The largest absolute Gasteiger partial charge is 0.330 e. The number of rotatable bonds is 3. The number of hydrogen-bond donors (Lipinski definition) is 1. The molecule has 5 heteroatoms. The molecule has 0 saturated carbocycles. The van der Waals surface area contributed by atoms with Gasteiger partial charge in [-0.15, -0.1) is 11.3 Å². The highest BCUT2D eigenvalue weighted by Crippen LogP contribution is 2.35. The second-order valence-electron chi connectivity index (χ2n) is 5.75. The predicted molar refractivity (Wildman–Crippen MR) is 87.9 cm³/mol. The standard InChI is InChI=1S/C17H18FN3S/c18-12-7-5-11(6-8-12)16-14(9-10-19)21-13-3-1-2-4-15(13)22-17(21)20-16/h5-8H,1-4,9-10,19H2. The minimum Gasteiger partial charge on any atom is -0.330 e. The van der Waals surface area contributed by atoms with E-state index in [1.54, 1.807) is 23.5 Å². The van der Waals surface area contributed by atoms with Gasteiger partial charge in [-0.3, -0.25) is 4.40 Å². The van der Waals surface area contributed by atoms with Crippen molar-refractivity contribution in [3.8, 4) is 11.3 Å². The highest BCUT2D eigenvalue weighted by Gasteiger charge is 2.22. The highest BCUT2D eigenvalue weighted by molar-refractivity contribution is 7.17. The molecule has 0 aliphatic heterocycles. The van der Waals surface area contributed by atoms with Gasteiger partial charge in [-0.2, -0.15) is 0 Å². The van der Waals surface area contributed by atoms with Gasteiger partial charge in [0.25, 0.3) is 0 Å². The van der Waals surface area contributed by atoms with E-state index < -0.39 is 0 Å². The minimum atomic E-state index is -0.220. The number of benzene rings is 1. The maximum absolute atomic E-state index is 13.2. The molecule has 0 saturated heterocycles. The summed E-state index contributed by atoms with van der Waals surface area (Å²) in [7, 11) is 0. The molecule has 114 valence electrons. The summed E-state index contributed by atoms with van der Waals surface area (Å²) in [4.78, 5) is 7.36. The summed E-state index contributed by atoms with van der Waals surface area (Å²) in [6.07, 6.45) is 5.58. The molecule has 3 nitrogen and oxygen atoms in total. The Hall–Kier alpha value is -1.72. The third kappa shape index (κ3) is 2.16. The van der Waals surface area contributed by atoms with Crippen molar-refractivity contribution in [2.24, 2.45) is 5.73 Å². The van der Waals surface area contributed by atoms with Crippen molar-refractivity contribution in [2.45, 2.75) is 32.1 Å². The van der Waals surface area contributed by atoms with Crippen molar-refractivity contribution in [2.75, 3.05) is 6.54 Å². The Morgan fingerprint density at radius 2 is 1.95 bits per heavy atom. The van der Waals surface area contributed by atoms with Crippen LogP contribution >= 0.6 is 11.3 Å². The lowest BCUT2D eigenvalue weighted by molar-refractivity contribution is 0.628. The van der Waals surface area contributed by atoms with Crippen LogP contribution in [0.25, 0.3) is 16.2 Å². The van der Waals surface area contributed by atoms with Crippen LogP contribution in [0.1, 0.15) is 29.1 Å². The minimum absolute atomic E-state index is 0.220. The van der Waals surface area contributed by atoms with Crippen LogP contribution in [0.2, 0.25) is 0 Å². The van der Waals surface area contributed by atoms with Crippen molar-refractivity contribution in [1.29, 1.82) is 0 Å². The van der Waals surface area contributed by atoms with Gasteiger partial charge in [-0.1, -0.05) is 0 Å². The zero-order valence-corrected chi connectivity index (χ0v) is 13.1. The van der Waals surface area contributed by atoms with Gasteiger partial charge in [0, 0.05) is 22.6 Å². The SMILES string of the molecule is NCCc1c(-c2ccc(F)cc2)nc2sc3c(n12)CCCC3. The van der Waals surface area contributed by atoms with Gasteiger partial charge < -0.3 is 5.73 Å². The Labute approximate surface area is 132 Å². The summed E-state index contributed by atoms with van der Waals surface area (Å²) in [5.41, 5.74) is 10.3. The number of aromatic nitrogens is 2. The number of aryl methyl sites for hydroxylation is 2. The first-order chi connectivity index (χ1) is 10.8. The number of hydrogen-bond acceptors (Lipinski definition) is 3. The number of nitrogens with zero attached hydrogens (tertiary/aromatic N) is 2. The maximum atomic E-state index is 13.2. The monoisotopic (exact) mass is 315 g/mol. The molecule has 0 fully saturated rings. The quantitative estimate of drug-likeness (QED) is 0.803. The van der Waals surface area contributed by atoms with Gasteiger partial charge in [-0.05, 0) is 56.5 Å². The summed E-state index contributed by atoms with van der Waals surface area (Å²) in [5.74, 6) is -0.220. The van der Waals surface area contributed by atoms with Crippen LogP contribution in [-0.2, 0) is 19.3 Å². The zero-order valence-electron chi connectivity index (χ0n) is 12.3. The Kier molecular flexibility index (Phi) is 3.47. The van der Waals surface area contributed by atoms with E-state index in [0.29, 0.717) is 6.54 Å². The lowest BCUT2D eigenvalue weighted by Crippen LogP contribution is -2.09. The van der Waals surface area contributed by atoms with Crippen molar-refractivity contribution < 1.29 is 4.39 Å². The molecule has 2 N–H and O–H groups in total. The summed E-state index contributed by atoms with van der Waals surface area (Å²) in [6.45, 7) is 0.590. The van der Waals surface area contributed by atoms with Crippen LogP contribution < -0.4 is 5.73 Å². The first-order valence-corrected chi connectivity index (χ1v) is 8.57. The molecule has 1 aliphatic carbocycles. The number of thiazole rings is 1. The lowest BCUT2D eigenvalue weighted by atomic mass is 10.0. The fourth-order valence-corrected chi connectivity index (χ4v) is 4.53. The van der Waals surface area contributed by atoms with E-state index in [2.05, 4.69) is 4.40 Å². The number of halogens is 1. The molecule has 0 amide bonds. The Morgan fingerprint density at radius 1 is 1.18 bits per heavy atom. The van der Waals surface area contributed by atoms with E-state index in [-0.39, 0.29) is 5.82 Å². The molecule has 3 aromatic rings. The third-order valence-electron chi connectivity index (χ3n) is 4.31. The van der Waals surface area contributed by atoms with E-state index in [4.69, 9.17) is 10.7 Å². The van der Waals surface area contributed by atoms with Gasteiger partial charge in [0.1, 0.15) is 5.82 Å². The molecule has 2 heterocycles. The molecule has 2 aromatic heterocycles. The summed E-state index contributed by atoms with van der Waals surface area (Å²) in [5, 5.41) is 0. The Balaban J connectivity index is 1.93. The molecule has 22 heavy (non-hydrogen) atoms. The molecular formula is C17H18FN3S. The van der Waals surface area contributed by atoms with Gasteiger partial charge in [0.15, 0.2) is 4.96 Å². The van der Waals surface area contributed by atoms with Crippen LogP contribution in [0.5, 0.6) is 0 Å². The molecular weight excluding hydrogens is 297 g/mol. The van der Waals surface area contributed by atoms with E-state index >= 15 is 0 Å². The average molecular weight is 315 g/mol. The summed E-state index contributed by atoms with van der Waals surface area (Å²) >= 11 is 1.80. The lowest BCUT2D eigenvalue weighted by Gasteiger charge is -2.12. The van der Waals surface area contributed by atoms with Gasteiger partial charge >= 0.3 is 0 Å². The smallest absolute Gasteiger partial charge is 0.194 e. The zero-order chi connectivity index (χ0) is 15.1. The van der Waals surface area contributed by atoms with E-state index in [1.165, 1.54) is 41.2 Å². The van der Waals surface area contributed by atoms with Crippen molar-refractivity contribution in [3.63, 3.8) is 0 Å². The summed E-state index contributed by atoms with van der Waals surface area (Å²) in [6, 6.07) is 6.58. The first-order valence-electron chi connectivity index (χ1n) is 7.76. The molecule has 0 atom stereocenters. The Bertz CT molecular complexity index is 817. The van der Waals surface area contributed by atoms with Gasteiger partial charge in [-0.25, -0.2) is 9.37 Å². The summed E-state index contributed by atoms with van der Waals surface area (Å²) < 4.78 is 15.5. The molecule has 0 bridgehead atoms. The van der Waals surface area contributed by atoms with Crippen LogP contribution in [0.15, 0.2) is 24.3 Å². The number of nitrogens with two attached hydrogens (primary N) is 1. The highest BCUT2D eigenvalue weighted by atomic mass is 32.1. The average Bonchev–Trinajstić information content (AvgIpc) is 3.05. The molecule has 4 rings (SSSR count). The van der Waals surface area contributed by atoms with E-state index in [9.17, 15) is 4.39 Å². The molecule has 0 spiro atoms. The molecule has 0 unspecified atom stereocenters. The number of imidazole rings is 1. The van der Waals surface area contributed by atoms with Crippen molar-refractivity contribution in [3.05, 3.63) is 46.3 Å². The van der Waals surface area contributed by atoms with Crippen LogP contribution in [-0.4, -0.2) is 15.9 Å². The van der Waals surface area contributed by atoms with Crippen molar-refractivity contribution in [1.82, 2.24) is 9.38 Å². The Morgan fingerprint density at radius 3 is 2.73 bits per heavy atom. The van der Waals surface area contributed by atoms with Crippen LogP contribution in [0, 0.1) is 5.82 Å². The molecule has 1 aromatic carbocycles. The van der Waals surface area contributed by atoms with Crippen molar-refractivity contribution >= 4 is 16.3 Å². The topological polar surface area (TPSA) is 43.3 Å². The van der Waals surface area contributed by atoms with Crippen LogP contribution in [0.4, 0.5) is 4.39 Å². The fraction of sp³-hybridized carbons (Fsp3) is 0.353. The number of fused-ring (bicyclic) bond motifs is 3. The molecule has 0 radical (unpaired) electrons. The van der Waals surface area contributed by atoms with Crippen LogP contribution in [0.3, 0.4) is 0 Å². The van der Waals surface area contributed by atoms with E-state index in [1.807, 2.05) is 0 Å². The van der Waals surface area contributed by atoms with E-state index in [0.717, 1.165) is 35.5 Å². The second-order valence-corrected chi connectivity index (χ2v) is 6.81. The normalized spacial score (nSPS) is 14.5. The van der Waals surface area contributed by atoms with Gasteiger partial charge in [0.05, 0.1) is 11.4 Å². The predicted octanol–water partition coefficient (Wildman–Crippen LogP) is 3.58. The fourth-order valence-electron chi connectivity index (χ4n) is 3.30. The molecule has 1 aliphatic rings.